The number of hydrogen-bond donors (Lipinski definition) is 1. The Morgan fingerprint density at radius 1 is 1.28 bits per heavy atom. The molecule has 2 aliphatic heterocycles. The SMILES string of the molecule is O=C(O)C1CCN(C(=O)[C@]23CCC[C@H]2OCC3)C1. The number of amides is 1. The van der Waals surface area contributed by atoms with E-state index in [2.05, 4.69) is 0 Å². The van der Waals surface area contributed by atoms with Crippen molar-refractivity contribution >= 4 is 11.9 Å². The molecule has 0 aromatic heterocycles. The number of likely N-dealkylation sites (tertiary alicyclic amines) is 1. The molecule has 1 amide bonds. The maximum atomic E-state index is 12.7. The Balaban J connectivity index is 1.73. The van der Waals surface area contributed by atoms with E-state index in [1.54, 1.807) is 4.90 Å². The second-order valence-corrected chi connectivity index (χ2v) is 5.73. The van der Waals surface area contributed by atoms with Crippen molar-refractivity contribution in [2.45, 2.75) is 38.2 Å². The lowest BCUT2D eigenvalue weighted by Crippen LogP contribution is -2.45. The first-order valence-corrected chi connectivity index (χ1v) is 6.77. The van der Waals surface area contributed by atoms with Gasteiger partial charge in [0, 0.05) is 19.7 Å². The highest BCUT2D eigenvalue weighted by Gasteiger charge is 2.55. The second kappa shape index (κ2) is 4.23. The molecule has 18 heavy (non-hydrogen) atoms. The molecule has 0 aromatic carbocycles. The molecule has 3 rings (SSSR count). The van der Waals surface area contributed by atoms with Crippen molar-refractivity contribution in [1.29, 1.82) is 0 Å². The van der Waals surface area contributed by atoms with E-state index in [0.717, 1.165) is 25.7 Å². The van der Waals surface area contributed by atoms with Gasteiger partial charge in [0.15, 0.2) is 0 Å². The number of carbonyl (C=O) groups excluding carboxylic acids is 1. The zero-order valence-corrected chi connectivity index (χ0v) is 10.4. The van der Waals surface area contributed by atoms with Gasteiger partial charge in [-0.05, 0) is 32.1 Å². The fourth-order valence-electron chi connectivity index (χ4n) is 3.77. The number of nitrogens with zero attached hydrogens (tertiary/aromatic N) is 1. The molecule has 3 fully saturated rings. The van der Waals surface area contributed by atoms with Crippen molar-refractivity contribution in [3.05, 3.63) is 0 Å². The molecular formula is C13H19NO4. The number of fused-ring (bicyclic) bond motifs is 1. The second-order valence-electron chi connectivity index (χ2n) is 5.73. The van der Waals surface area contributed by atoms with Crippen LogP contribution in [0.5, 0.6) is 0 Å². The van der Waals surface area contributed by atoms with Crippen molar-refractivity contribution in [3.63, 3.8) is 0 Å². The molecule has 100 valence electrons. The minimum absolute atomic E-state index is 0.0777. The van der Waals surface area contributed by atoms with Crippen LogP contribution in [0, 0.1) is 11.3 Å². The molecule has 0 bridgehead atoms. The quantitative estimate of drug-likeness (QED) is 0.793. The van der Waals surface area contributed by atoms with Crippen molar-refractivity contribution < 1.29 is 19.4 Å². The average molecular weight is 253 g/mol. The molecule has 5 nitrogen and oxygen atoms in total. The lowest BCUT2D eigenvalue weighted by molar-refractivity contribution is -0.144. The van der Waals surface area contributed by atoms with E-state index in [0.29, 0.717) is 26.1 Å². The summed E-state index contributed by atoms with van der Waals surface area (Å²) in [6, 6.07) is 0. The minimum Gasteiger partial charge on any atom is -0.481 e. The topological polar surface area (TPSA) is 66.8 Å². The summed E-state index contributed by atoms with van der Waals surface area (Å²) < 4.78 is 5.67. The standard InChI is InChI=1S/C13H19NO4/c15-11(16)9-3-6-14(8-9)12(17)13-4-1-2-10(13)18-7-5-13/h9-10H,1-8H2,(H,15,16)/t9?,10-,13+/m1/s1. The average Bonchev–Trinajstić information content (AvgIpc) is 3.03. The van der Waals surface area contributed by atoms with Crippen LogP contribution in [0.15, 0.2) is 0 Å². The third-order valence-electron chi connectivity index (χ3n) is 4.82. The van der Waals surface area contributed by atoms with Gasteiger partial charge in [0.2, 0.25) is 5.91 Å². The van der Waals surface area contributed by atoms with Crippen molar-refractivity contribution in [1.82, 2.24) is 4.90 Å². The summed E-state index contributed by atoms with van der Waals surface area (Å²) in [6.07, 6.45) is 4.40. The fraction of sp³-hybridized carbons (Fsp3) is 0.846. The van der Waals surface area contributed by atoms with E-state index in [1.807, 2.05) is 0 Å². The van der Waals surface area contributed by atoms with Gasteiger partial charge in [-0.25, -0.2) is 0 Å². The van der Waals surface area contributed by atoms with E-state index in [9.17, 15) is 9.59 Å². The van der Waals surface area contributed by atoms with Crippen LogP contribution in [0.2, 0.25) is 0 Å². The van der Waals surface area contributed by atoms with E-state index in [1.165, 1.54) is 0 Å². The van der Waals surface area contributed by atoms with E-state index < -0.39 is 5.97 Å². The molecule has 3 aliphatic rings. The Hall–Kier alpha value is -1.10. The van der Waals surface area contributed by atoms with Crippen LogP contribution in [0.4, 0.5) is 0 Å². The minimum atomic E-state index is -0.784. The normalized spacial score (nSPS) is 39.0. The van der Waals surface area contributed by atoms with Gasteiger partial charge in [-0.3, -0.25) is 9.59 Å². The Bertz CT molecular complexity index is 371. The number of ether oxygens (including phenoxy) is 1. The van der Waals surface area contributed by atoms with Gasteiger partial charge >= 0.3 is 5.97 Å². The van der Waals surface area contributed by atoms with Crippen LogP contribution in [0.25, 0.3) is 0 Å². The highest BCUT2D eigenvalue weighted by atomic mass is 16.5. The summed E-state index contributed by atoms with van der Waals surface area (Å²) >= 11 is 0. The third-order valence-corrected chi connectivity index (χ3v) is 4.82. The molecule has 1 N–H and O–H groups in total. The van der Waals surface area contributed by atoms with Crippen molar-refractivity contribution in [2.24, 2.45) is 11.3 Å². The Kier molecular flexibility index (Phi) is 2.81. The van der Waals surface area contributed by atoms with Crippen LogP contribution < -0.4 is 0 Å². The van der Waals surface area contributed by atoms with Crippen molar-refractivity contribution in [2.75, 3.05) is 19.7 Å². The lowest BCUT2D eigenvalue weighted by atomic mass is 9.81. The largest absolute Gasteiger partial charge is 0.481 e. The number of carboxylic acid groups (broad SMARTS) is 1. The van der Waals surface area contributed by atoms with Crippen molar-refractivity contribution in [3.8, 4) is 0 Å². The number of carbonyl (C=O) groups is 2. The summed E-state index contributed by atoms with van der Waals surface area (Å²) in [4.78, 5) is 25.4. The molecular weight excluding hydrogens is 234 g/mol. The maximum Gasteiger partial charge on any atom is 0.308 e. The number of carboxylic acids is 1. The predicted molar refractivity (Wildman–Crippen MR) is 63.0 cm³/mol. The van der Waals surface area contributed by atoms with Gasteiger partial charge in [0.05, 0.1) is 17.4 Å². The van der Waals surface area contributed by atoms with Gasteiger partial charge in [-0.2, -0.15) is 0 Å². The smallest absolute Gasteiger partial charge is 0.308 e. The molecule has 5 heteroatoms. The molecule has 0 aromatic rings. The Morgan fingerprint density at radius 3 is 2.83 bits per heavy atom. The van der Waals surface area contributed by atoms with Gasteiger partial charge < -0.3 is 14.7 Å². The molecule has 2 saturated heterocycles. The molecule has 3 atom stereocenters. The number of hydrogen-bond acceptors (Lipinski definition) is 3. The first-order chi connectivity index (χ1) is 8.63. The predicted octanol–water partition coefficient (Wildman–Crippen LogP) is 0.879. The summed E-state index contributed by atoms with van der Waals surface area (Å²) in [5.74, 6) is -1.02. The van der Waals surface area contributed by atoms with Crippen LogP contribution in [-0.4, -0.2) is 47.7 Å². The maximum absolute atomic E-state index is 12.7. The van der Waals surface area contributed by atoms with Gasteiger partial charge in [0.1, 0.15) is 0 Å². The molecule has 0 spiro atoms. The van der Waals surface area contributed by atoms with Gasteiger partial charge in [-0.1, -0.05) is 0 Å². The molecule has 1 unspecified atom stereocenters. The van der Waals surface area contributed by atoms with Crippen LogP contribution >= 0.6 is 0 Å². The highest BCUT2D eigenvalue weighted by molar-refractivity contribution is 5.85. The Morgan fingerprint density at radius 2 is 2.11 bits per heavy atom. The fourth-order valence-corrected chi connectivity index (χ4v) is 3.77. The van der Waals surface area contributed by atoms with Gasteiger partial charge in [0.25, 0.3) is 0 Å². The zero-order chi connectivity index (χ0) is 12.8. The molecule has 0 radical (unpaired) electrons. The third kappa shape index (κ3) is 1.64. The number of rotatable bonds is 2. The summed E-state index contributed by atoms with van der Waals surface area (Å²) in [6.45, 7) is 1.64. The summed E-state index contributed by atoms with van der Waals surface area (Å²) in [5, 5.41) is 9.00. The molecule has 1 saturated carbocycles. The first kappa shape index (κ1) is 12.0. The van der Waals surface area contributed by atoms with E-state index in [4.69, 9.17) is 9.84 Å². The van der Waals surface area contributed by atoms with Gasteiger partial charge in [-0.15, -0.1) is 0 Å². The van der Waals surface area contributed by atoms with E-state index >= 15 is 0 Å². The first-order valence-electron chi connectivity index (χ1n) is 6.77. The lowest BCUT2D eigenvalue weighted by Gasteiger charge is -2.31. The highest BCUT2D eigenvalue weighted by Crippen LogP contribution is 2.49. The summed E-state index contributed by atoms with van der Waals surface area (Å²) in [7, 11) is 0. The monoisotopic (exact) mass is 253 g/mol. The zero-order valence-electron chi connectivity index (χ0n) is 10.4. The van der Waals surface area contributed by atoms with Crippen LogP contribution in [0.1, 0.15) is 32.1 Å². The molecule has 1 aliphatic carbocycles. The van der Waals surface area contributed by atoms with Crippen LogP contribution in [-0.2, 0) is 14.3 Å². The summed E-state index contributed by atoms with van der Waals surface area (Å²) in [5.41, 5.74) is -0.326. The van der Waals surface area contributed by atoms with Crippen LogP contribution in [0.3, 0.4) is 0 Å². The molecule has 2 heterocycles. The number of aliphatic carboxylic acids is 1. The Labute approximate surface area is 106 Å². The van der Waals surface area contributed by atoms with E-state index in [-0.39, 0.29) is 23.3 Å².